The molecule has 5 nitrogen and oxygen atoms in total. The zero-order chi connectivity index (χ0) is 20.4. The lowest BCUT2D eigenvalue weighted by Crippen LogP contribution is -2.43. The maximum Gasteiger partial charge on any atom is 0.243 e. The summed E-state index contributed by atoms with van der Waals surface area (Å²) < 4.78 is 27.7. The van der Waals surface area contributed by atoms with Gasteiger partial charge in [0.15, 0.2) is 0 Å². The van der Waals surface area contributed by atoms with Gasteiger partial charge in [-0.05, 0) is 47.2 Å². The molecule has 0 saturated carbocycles. The lowest BCUT2D eigenvalue weighted by Gasteiger charge is -2.32. The van der Waals surface area contributed by atoms with Gasteiger partial charge >= 0.3 is 0 Å². The van der Waals surface area contributed by atoms with Crippen molar-refractivity contribution in [1.29, 1.82) is 0 Å². The number of hydrogen-bond acceptors (Lipinski definition) is 4. The number of sulfonamides is 1. The average Bonchev–Trinajstić information content (AvgIpc) is 3.26. The van der Waals surface area contributed by atoms with Gasteiger partial charge in [-0.3, -0.25) is 4.79 Å². The van der Waals surface area contributed by atoms with Gasteiger partial charge in [0.2, 0.25) is 15.9 Å². The highest BCUT2D eigenvalue weighted by atomic mass is 32.2. The minimum atomic E-state index is -3.55. The third kappa shape index (κ3) is 4.22. The number of benzene rings is 2. The molecule has 0 N–H and O–H groups in total. The van der Waals surface area contributed by atoms with Crippen LogP contribution >= 0.6 is 11.3 Å². The van der Waals surface area contributed by atoms with Crippen molar-refractivity contribution in [3.63, 3.8) is 0 Å². The summed E-state index contributed by atoms with van der Waals surface area (Å²) >= 11 is 1.64. The highest BCUT2D eigenvalue weighted by molar-refractivity contribution is 7.89. The van der Waals surface area contributed by atoms with Gasteiger partial charge in [0.25, 0.3) is 0 Å². The quantitative estimate of drug-likeness (QED) is 0.618. The standard InChI is InChI=1S/C22H24N2O3S2/c1-23(16-20-7-4-14-28-20)22(25)18-10-12-24(13-11-18)29(26,27)21-9-8-17-5-2-3-6-19(17)15-21/h2-9,14-15,18H,10-13,16H2,1H3. The smallest absolute Gasteiger partial charge is 0.243 e. The molecule has 3 aromatic rings. The Hall–Kier alpha value is -2.22. The molecule has 1 aliphatic heterocycles. The first kappa shape index (κ1) is 20.1. The number of carbonyl (C=O) groups excluding carboxylic acids is 1. The summed E-state index contributed by atoms with van der Waals surface area (Å²) in [5.41, 5.74) is 0. The van der Waals surface area contributed by atoms with Gasteiger partial charge < -0.3 is 4.90 Å². The van der Waals surface area contributed by atoms with E-state index in [1.165, 1.54) is 4.31 Å². The number of nitrogens with zero attached hydrogens (tertiary/aromatic N) is 2. The second kappa shape index (κ2) is 8.26. The maximum absolute atomic E-state index is 13.1. The first-order chi connectivity index (χ1) is 13.9. The highest BCUT2D eigenvalue weighted by Crippen LogP contribution is 2.27. The van der Waals surface area contributed by atoms with E-state index in [1.807, 2.05) is 54.9 Å². The Morgan fingerprint density at radius 1 is 1.07 bits per heavy atom. The van der Waals surface area contributed by atoms with Crippen LogP contribution in [0.2, 0.25) is 0 Å². The number of thiophene rings is 1. The van der Waals surface area contributed by atoms with E-state index in [0.717, 1.165) is 15.6 Å². The summed E-state index contributed by atoms with van der Waals surface area (Å²) in [5, 5.41) is 3.93. The molecule has 0 atom stereocenters. The molecule has 0 bridgehead atoms. The summed E-state index contributed by atoms with van der Waals surface area (Å²) in [7, 11) is -1.73. The number of rotatable bonds is 5. The molecule has 2 aromatic carbocycles. The topological polar surface area (TPSA) is 57.7 Å². The number of fused-ring (bicyclic) bond motifs is 1. The zero-order valence-corrected chi connectivity index (χ0v) is 18.0. The zero-order valence-electron chi connectivity index (χ0n) is 16.3. The van der Waals surface area contributed by atoms with Gasteiger partial charge in [0, 0.05) is 30.9 Å². The van der Waals surface area contributed by atoms with Crippen LogP contribution in [0.3, 0.4) is 0 Å². The molecule has 7 heteroatoms. The SMILES string of the molecule is CN(Cc1cccs1)C(=O)C1CCN(S(=O)(=O)c2ccc3ccccc3c2)CC1. The second-order valence-electron chi connectivity index (χ2n) is 7.46. The molecule has 1 amide bonds. The van der Waals surface area contributed by atoms with Crippen molar-refractivity contribution in [3.05, 3.63) is 64.9 Å². The fourth-order valence-corrected chi connectivity index (χ4v) is 6.11. The Morgan fingerprint density at radius 2 is 1.79 bits per heavy atom. The van der Waals surface area contributed by atoms with Crippen molar-refractivity contribution in [2.24, 2.45) is 5.92 Å². The van der Waals surface area contributed by atoms with Crippen LogP contribution in [0.15, 0.2) is 64.9 Å². The van der Waals surface area contributed by atoms with Crippen LogP contribution < -0.4 is 0 Å². The van der Waals surface area contributed by atoms with E-state index in [9.17, 15) is 13.2 Å². The largest absolute Gasteiger partial charge is 0.340 e. The summed E-state index contributed by atoms with van der Waals surface area (Å²) in [6, 6.07) is 17.0. The Morgan fingerprint density at radius 3 is 2.48 bits per heavy atom. The molecule has 1 aromatic heterocycles. The van der Waals surface area contributed by atoms with Gasteiger partial charge in [-0.25, -0.2) is 8.42 Å². The van der Waals surface area contributed by atoms with Crippen molar-refractivity contribution in [1.82, 2.24) is 9.21 Å². The third-order valence-electron chi connectivity index (χ3n) is 5.51. The van der Waals surface area contributed by atoms with E-state index in [0.29, 0.717) is 37.4 Å². The van der Waals surface area contributed by atoms with Gasteiger partial charge in [0.1, 0.15) is 0 Å². The Kier molecular flexibility index (Phi) is 5.72. The molecule has 1 fully saturated rings. The van der Waals surface area contributed by atoms with Crippen molar-refractivity contribution in [3.8, 4) is 0 Å². The summed E-state index contributed by atoms with van der Waals surface area (Å²) in [5.74, 6) is -0.0239. The first-order valence-electron chi connectivity index (χ1n) is 9.71. The van der Waals surface area contributed by atoms with Crippen LogP contribution in [0.25, 0.3) is 10.8 Å². The van der Waals surface area contributed by atoms with E-state index >= 15 is 0 Å². The molecule has 0 unspecified atom stereocenters. The highest BCUT2D eigenvalue weighted by Gasteiger charge is 2.33. The Labute approximate surface area is 175 Å². The number of hydrogen-bond donors (Lipinski definition) is 0. The molecule has 0 spiro atoms. The predicted octanol–water partition coefficient (Wildman–Crippen LogP) is 3.96. The van der Waals surface area contributed by atoms with Crippen LogP contribution in [0.1, 0.15) is 17.7 Å². The normalized spacial score (nSPS) is 16.2. The van der Waals surface area contributed by atoms with Crippen LogP contribution in [-0.4, -0.2) is 43.7 Å². The lowest BCUT2D eigenvalue weighted by molar-refractivity contribution is -0.135. The van der Waals surface area contributed by atoms with Crippen molar-refractivity contribution in [2.45, 2.75) is 24.3 Å². The molecule has 1 aliphatic rings. The monoisotopic (exact) mass is 428 g/mol. The summed E-state index contributed by atoms with van der Waals surface area (Å²) in [6.45, 7) is 1.35. The number of amides is 1. The fraction of sp³-hybridized carbons (Fsp3) is 0.318. The van der Waals surface area contributed by atoms with Crippen molar-refractivity contribution >= 4 is 38.0 Å². The Balaban J connectivity index is 1.42. The minimum absolute atomic E-state index is 0.0983. The van der Waals surface area contributed by atoms with Crippen molar-refractivity contribution < 1.29 is 13.2 Å². The molecular formula is C22H24N2O3S2. The van der Waals surface area contributed by atoms with Crippen molar-refractivity contribution in [2.75, 3.05) is 20.1 Å². The molecular weight excluding hydrogens is 404 g/mol. The van der Waals surface area contributed by atoms with E-state index in [1.54, 1.807) is 28.4 Å². The number of piperidine rings is 1. The van der Waals surface area contributed by atoms with E-state index < -0.39 is 10.0 Å². The average molecular weight is 429 g/mol. The van der Waals surface area contributed by atoms with Gasteiger partial charge in [-0.1, -0.05) is 36.4 Å². The molecule has 0 aliphatic carbocycles. The second-order valence-corrected chi connectivity index (χ2v) is 10.4. The molecule has 1 saturated heterocycles. The van der Waals surface area contributed by atoms with Gasteiger partial charge in [-0.2, -0.15) is 4.31 Å². The Bertz CT molecular complexity index is 1100. The predicted molar refractivity (Wildman–Crippen MR) is 116 cm³/mol. The third-order valence-corrected chi connectivity index (χ3v) is 8.27. The molecule has 29 heavy (non-hydrogen) atoms. The van der Waals surface area contributed by atoms with E-state index in [-0.39, 0.29) is 11.8 Å². The maximum atomic E-state index is 13.1. The van der Waals surface area contributed by atoms with Crippen LogP contribution in [0.5, 0.6) is 0 Å². The summed E-state index contributed by atoms with van der Waals surface area (Å²) in [4.78, 5) is 16.0. The number of carbonyl (C=O) groups is 1. The molecule has 152 valence electrons. The summed E-state index contributed by atoms with van der Waals surface area (Å²) in [6.07, 6.45) is 1.11. The van der Waals surface area contributed by atoms with Gasteiger partial charge in [0.05, 0.1) is 11.4 Å². The molecule has 4 rings (SSSR count). The van der Waals surface area contributed by atoms with E-state index in [2.05, 4.69) is 0 Å². The van der Waals surface area contributed by atoms with Gasteiger partial charge in [-0.15, -0.1) is 11.3 Å². The van der Waals surface area contributed by atoms with Crippen LogP contribution in [-0.2, 0) is 21.4 Å². The first-order valence-corrected chi connectivity index (χ1v) is 12.0. The lowest BCUT2D eigenvalue weighted by atomic mass is 9.96. The fourth-order valence-electron chi connectivity index (χ4n) is 3.85. The van der Waals surface area contributed by atoms with Crippen LogP contribution in [0.4, 0.5) is 0 Å². The minimum Gasteiger partial charge on any atom is -0.340 e. The van der Waals surface area contributed by atoms with Crippen LogP contribution in [0, 0.1) is 5.92 Å². The molecule has 2 heterocycles. The molecule has 0 radical (unpaired) electrons. The van der Waals surface area contributed by atoms with E-state index in [4.69, 9.17) is 0 Å².